The molecule has 1 aliphatic rings. The normalized spacial score (nSPS) is 14.1. The van der Waals surface area contributed by atoms with Crippen LogP contribution in [0.15, 0.2) is 170 Å². The highest BCUT2D eigenvalue weighted by Crippen LogP contribution is 2.48. The van der Waals surface area contributed by atoms with E-state index in [4.69, 9.17) is 0 Å². The topological polar surface area (TPSA) is 4.93 Å². The fourth-order valence-electron chi connectivity index (χ4n) is 8.71. The van der Waals surface area contributed by atoms with Crippen LogP contribution in [0.4, 0.5) is 0 Å². The molecule has 0 saturated carbocycles. The molecule has 0 bridgehead atoms. The molecule has 1 heteroatoms. The van der Waals surface area contributed by atoms with Gasteiger partial charge >= 0.3 is 0 Å². The maximum absolute atomic E-state index is 2.52. The summed E-state index contributed by atoms with van der Waals surface area (Å²) in [5.41, 5.74) is 12.8. The molecule has 1 nitrogen and oxygen atoms in total. The van der Waals surface area contributed by atoms with Crippen molar-refractivity contribution in [1.82, 2.24) is 4.57 Å². The summed E-state index contributed by atoms with van der Waals surface area (Å²) in [5, 5.41) is 8.97. The van der Waals surface area contributed by atoms with Crippen LogP contribution in [-0.2, 0) is 6.42 Å². The van der Waals surface area contributed by atoms with Crippen molar-refractivity contribution in [2.75, 3.05) is 0 Å². The SMILES string of the molecule is CCC1C=Cc2c(c3cccc(-c4c5ccccc5c(-c5cccc6ccc(-c7ccccc7)cc56)c5ccccc45)c3n2-c2ccccc2)C1. The van der Waals surface area contributed by atoms with Crippen molar-refractivity contribution in [3.8, 4) is 39.1 Å². The van der Waals surface area contributed by atoms with Gasteiger partial charge in [0.2, 0.25) is 0 Å². The molecule has 1 aromatic heterocycles. The van der Waals surface area contributed by atoms with Crippen molar-refractivity contribution in [3.63, 3.8) is 0 Å². The Balaban J connectivity index is 1.31. The molecule has 1 unspecified atom stereocenters. The van der Waals surface area contributed by atoms with Crippen LogP contribution in [0.2, 0.25) is 0 Å². The van der Waals surface area contributed by atoms with Crippen LogP contribution in [0.1, 0.15) is 24.6 Å². The van der Waals surface area contributed by atoms with E-state index in [1.54, 1.807) is 0 Å². The number of hydrogen-bond acceptors (Lipinski definition) is 0. The van der Waals surface area contributed by atoms with E-state index >= 15 is 0 Å². The summed E-state index contributed by atoms with van der Waals surface area (Å²) in [7, 11) is 0. The van der Waals surface area contributed by atoms with Crippen LogP contribution in [-0.4, -0.2) is 4.57 Å². The summed E-state index contributed by atoms with van der Waals surface area (Å²) in [4.78, 5) is 0. The van der Waals surface area contributed by atoms with Gasteiger partial charge in [-0.3, -0.25) is 0 Å². The second kappa shape index (κ2) is 12.0. The van der Waals surface area contributed by atoms with E-state index in [9.17, 15) is 0 Å². The zero-order chi connectivity index (χ0) is 33.9. The quantitative estimate of drug-likeness (QED) is 0.163. The second-order valence-corrected chi connectivity index (χ2v) is 13.9. The van der Waals surface area contributed by atoms with E-state index in [0.29, 0.717) is 5.92 Å². The van der Waals surface area contributed by atoms with Crippen LogP contribution < -0.4 is 0 Å². The first-order valence-corrected chi connectivity index (χ1v) is 18.2. The second-order valence-electron chi connectivity index (χ2n) is 13.9. The Morgan fingerprint density at radius 3 is 1.78 bits per heavy atom. The molecule has 242 valence electrons. The number of aromatic nitrogens is 1. The molecule has 0 amide bonds. The minimum absolute atomic E-state index is 0.556. The highest BCUT2D eigenvalue weighted by Gasteiger charge is 2.26. The Hall–Kier alpha value is -6.18. The fourth-order valence-corrected chi connectivity index (χ4v) is 8.71. The predicted octanol–water partition coefficient (Wildman–Crippen LogP) is 13.7. The molecule has 0 aliphatic heterocycles. The Kier molecular flexibility index (Phi) is 6.99. The highest BCUT2D eigenvalue weighted by atomic mass is 15.0. The zero-order valence-electron chi connectivity index (χ0n) is 28.7. The standard InChI is InChI=1S/C50H37N/c1-2-33-27-30-47-46(31-33)43-25-14-26-44(50(43)51(47)37-18-7-4-8-19-37)49-40-22-11-9-20-38(40)48(39-21-10-12-23-41(39)49)42-24-13-17-35-28-29-36(32-45(35)42)34-15-5-3-6-16-34/h3-30,32-33H,2,31H2,1H3. The van der Waals surface area contributed by atoms with Gasteiger partial charge in [0.25, 0.3) is 0 Å². The number of nitrogens with zero attached hydrogens (tertiary/aromatic N) is 1. The third-order valence-corrected chi connectivity index (χ3v) is 11.1. The van der Waals surface area contributed by atoms with E-state index in [1.807, 2.05) is 0 Å². The number of fused-ring (bicyclic) bond motifs is 6. The van der Waals surface area contributed by atoms with Gasteiger partial charge in [0.1, 0.15) is 0 Å². The molecule has 1 heterocycles. The predicted molar refractivity (Wildman–Crippen MR) is 219 cm³/mol. The lowest BCUT2D eigenvalue weighted by molar-refractivity contribution is 0.621. The summed E-state index contributed by atoms with van der Waals surface area (Å²) in [6.45, 7) is 2.31. The van der Waals surface area contributed by atoms with Crippen molar-refractivity contribution in [2.24, 2.45) is 5.92 Å². The summed E-state index contributed by atoms with van der Waals surface area (Å²) >= 11 is 0. The van der Waals surface area contributed by atoms with E-state index in [2.05, 4.69) is 187 Å². The monoisotopic (exact) mass is 651 g/mol. The molecule has 1 atom stereocenters. The number of benzene rings is 8. The average Bonchev–Trinajstić information content (AvgIpc) is 3.54. The molecular formula is C50H37N. The molecule has 0 N–H and O–H groups in total. The van der Waals surface area contributed by atoms with Crippen molar-refractivity contribution >= 4 is 49.3 Å². The van der Waals surface area contributed by atoms with Gasteiger partial charge in [-0.05, 0) is 109 Å². The summed E-state index contributed by atoms with van der Waals surface area (Å²) < 4.78 is 2.52. The van der Waals surface area contributed by atoms with Gasteiger partial charge in [0.15, 0.2) is 0 Å². The highest BCUT2D eigenvalue weighted by molar-refractivity contribution is 6.25. The van der Waals surface area contributed by atoms with Crippen LogP contribution >= 0.6 is 0 Å². The summed E-state index contributed by atoms with van der Waals surface area (Å²) in [6.07, 6.45) is 7.01. The Morgan fingerprint density at radius 1 is 0.510 bits per heavy atom. The molecule has 10 rings (SSSR count). The van der Waals surface area contributed by atoms with E-state index < -0.39 is 0 Å². The zero-order valence-corrected chi connectivity index (χ0v) is 28.7. The number of hydrogen-bond donors (Lipinski definition) is 0. The van der Waals surface area contributed by atoms with E-state index in [-0.39, 0.29) is 0 Å². The van der Waals surface area contributed by atoms with Gasteiger partial charge < -0.3 is 4.57 Å². The Labute approximate surface area is 298 Å². The molecule has 0 fully saturated rings. The number of para-hydroxylation sites is 2. The lowest BCUT2D eigenvalue weighted by Crippen LogP contribution is -2.07. The lowest BCUT2D eigenvalue weighted by Gasteiger charge is -2.20. The smallest absolute Gasteiger partial charge is 0.0616 e. The minimum atomic E-state index is 0.556. The van der Waals surface area contributed by atoms with Gasteiger partial charge in [0, 0.05) is 22.3 Å². The molecule has 0 radical (unpaired) electrons. The third kappa shape index (κ3) is 4.69. The first-order valence-electron chi connectivity index (χ1n) is 18.2. The van der Waals surface area contributed by atoms with E-state index in [0.717, 1.165) is 12.8 Å². The van der Waals surface area contributed by atoms with Crippen LogP contribution in [0.3, 0.4) is 0 Å². The van der Waals surface area contributed by atoms with Crippen LogP contribution in [0.5, 0.6) is 0 Å². The molecule has 0 spiro atoms. The number of rotatable bonds is 5. The van der Waals surface area contributed by atoms with Gasteiger partial charge in [0.05, 0.1) is 5.52 Å². The molecule has 9 aromatic rings. The number of allylic oxidation sites excluding steroid dienone is 1. The van der Waals surface area contributed by atoms with Crippen molar-refractivity contribution in [2.45, 2.75) is 19.8 Å². The molecule has 51 heavy (non-hydrogen) atoms. The van der Waals surface area contributed by atoms with E-state index in [1.165, 1.54) is 93.5 Å². The maximum atomic E-state index is 2.52. The first-order chi connectivity index (χ1) is 25.3. The summed E-state index contributed by atoms with van der Waals surface area (Å²) in [5.74, 6) is 0.556. The summed E-state index contributed by atoms with van der Waals surface area (Å²) in [6, 6.07) is 60.5. The maximum Gasteiger partial charge on any atom is 0.0616 e. The third-order valence-electron chi connectivity index (χ3n) is 11.1. The van der Waals surface area contributed by atoms with Crippen molar-refractivity contribution < 1.29 is 0 Å². The fraction of sp³-hybridized carbons (Fsp3) is 0.0800. The lowest BCUT2D eigenvalue weighted by atomic mass is 9.84. The Bertz CT molecular complexity index is 2740. The average molecular weight is 652 g/mol. The Morgan fingerprint density at radius 2 is 1.10 bits per heavy atom. The van der Waals surface area contributed by atoms with Gasteiger partial charge in [-0.2, -0.15) is 0 Å². The first kappa shape index (κ1) is 29.7. The largest absolute Gasteiger partial charge is 0.309 e. The van der Waals surface area contributed by atoms with Crippen LogP contribution in [0.25, 0.3) is 88.4 Å². The van der Waals surface area contributed by atoms with Gasteiger partial charge in [-0.15, -0.1) is 0 Å². The minimum Gasteiger partial charge on any atom is -0.309 e. The van der Waals surface area contributed by atoms with Gasteiger partial charge in [-0.25, -0.2) is 0 Å². The van der Waals surface area contributed by atoms with Crippen molar-refractivity contribution in [1.29, 1.82) is 0 Å². The van der Waals surface area contributed by atoms with Gasteiger partial charge in [-0.1, -0.05) is 159 Å². The molecular weight excluding hydrogens is 615 g/mol. The van der Waals surface area contributed by atoms with Crippen molar-refractivity contribution in [3.05, 3.63) is 181 Å². The molecule has 8 aromatic carbocycles. The van der Waals surface area contributed by atoms with Crippen LogP contribution in [0, 0.1) is 5.92 Å². The molecule has 0 saturated heterocycles. The molecule has 1 aliphatic carbocycles.